The molecular weight excluding hydrogens is 264 g/mol. The van der Waals surface area contributed by atoms with Crippen LogP contribution in [0.3, 0.4) is 0 Å². The van der Waals surface area contributed by atoms with Crippen molar-refractivity contribution in [3.05, 3.63) is 29.8 Å². The fraction of sp³-hybridized carbons (Fsp3) is 0.588. The summed E-state index contributed by atoms with van der Waals surface area (Å²) in [6, 6.07) is 7.21. The number of rotatable bonds is 7. The number of anilines is 1. The van der Waals surface area contributed by atoms with E-state index in [0.717, 1.165) is 19.6 Å². The Bertz CT molecular complexity index is 468. The molecule has 1 amide bonds. The number of amides is 1. The molecule has 0 bridgehead atoms. The third kappa shape index (κ3) is 4.21. The maximum Gasteiger partial charge on any atom is 0.253 e. The Labute approximate surface area is 127 Å². The van der Waals surface area contributed by atoms with E-state index >= 15 is 0 Å². The van der Waals surface area contributed by atoms with Gasteiger partial charge in [0.2, 0.25) is 0 Å². The second-order valence-corrected chi connectivity index (χ2v) is 5.92. The van der Waals surface area contributed by atoms with Crippen LogP contribution in [-0.4, -0.2) is 25.7 Å². The van der Waals surface area contributed by atoms with Crippen molar-refractivity contribution in [2.24, 2.45) is 5.41 Å². The van der Waals surface area contributed by atoms with E-state index in [1.165, 1.54) is 25.7 Å². The molecule has 0 heterocycles. The molecule has 0 aromatic heterocycles. The van der Waals surface area contributed by atoms with E-state index in [0.29, 0.717) is 17.8 Å². The van der Waals surface area contributed by atoms with Gasteiger partial charge in [-0.1, -0.05) is 25.0 Å². The maximum absolute atomic E-state index is 12.3. The van der Waals surface area contributed by atoms with E-state index in [4.69, 9.17) is 10.5 Å². The molecule has 0 radical (unpaired) electrons. The van der Waals surface area contributed by atoms with Crippen LogP contribution in [0.2, 0.25) is 0 Å². The van der Waals surface area contributed by atoms with Crippen LogP contribution < -0.4 is 11.1 Å². The second-order valence-electron chi connectivity index (χ2n) is 5.92. The monoisotopic (exact) mass is 290 g/mol. The molecule has 116 valence electrons. The predicted octanol–water partition coefficient (Wildman–Crippen LogP) is 2.99. The number of nitrogens with one attached hydrogen (secondary N) is 1. The molecule has 4 heteroatoms. The van der Waals surface area contributed by atoms with Crippen LogP contribution in [0.25, 0.3) is 0 Å². The van der Waals surface area contributed by atoms with Gasteiger partial charge in [-0.3, -0.25) is 4.79 Å². The summed E-state index contributed by atoms with van der Waals surface area (Å²) in [5, 5.41) is 3.07. The molecule has 21 heavy (non-hydrogen) atoms. The molecule has 0 spiro atoms. The minimum Gasteiger partial charge on any atom is -0.398 e. The fourth-order valence-electron chi connectivity index (χ4n) is 3.14. The van der Waals surface area contributed by atoms with E-state index in [1.807, 2.05) is 19.1 Å². The molecular formula is C17H26N2O2. The number of hydrogen-bond acceptors (Lipinski definition) is 3. The molecule has 2 rings (SSSR count). The van der Waals surface area contributed by atoms with Gasteiger partial charge < -0.3 is 15.8 Å². The van der Waals surface area contributed by atoms with Crippen molar-refractivity contribution in [1.82, 2.24) is 5.32 Å². The molecule has 0 unspecified atom stereocenters. The van der Waals surface area contributed by atoms with Crippen molar-refractivity contribution in [3.8, 4) is 0 Å². The first-order chi connectivity index (χ1) is 10.2. The van der Waals surface area contributed by atoms with Crippen molar-refractivity contribution in [1.29, 1.82) is 0 Å². The number of nitrogens with two attached hydrogens (primary N) is 1. The Morgan fingerprint density at radius 3 is 2.71 bits per heavy atom. The summed E-state index contributed by atoms with van der Waals surface area (Å²) in [4.78, 5) is 12.3. The van der Waals surface area contributed by atoms with Gasteiger partial charge in [-0.25, -0.2) is 0 Å². The first kappa shape index (κ1) is 15.8. The van der Waals surface area contributed by atoms with E-state index in [2.05, 4.69) is 5.32 Å². The summed E-state index contributed by atoms with van der Waals surface area (Å²) in [5.41, 5.74) is 7.16. The number of carbonyl (C=O) groups is 1. The zero-order valence-corrected chi connectivity index (χ0v) is 12.9. The second kappa shape index (κ2) is 7.46. The minimum absolute atomic E-state index is 0.0733. The summed E-state index contributed by atoms with van der Waals surface area (Å²) in [7, 11) is 0. The third-order valence-corrected chi connectivity index (χ3v) is 4.47. The molecule has 1 saturated carbocycles. The highest BCUT2D eigenvalue weighted by atomic mass is 16.5. The highest BCUT2D eigenvalue weighted by Gasteiger charge is 2.33. The Hall–Kier alpha value is -1.55. The molecule has 1 aromatic rings. The van der Waals surface area contributed by atoms with Gasteiger partial charge in [0.15, 0.2) is 0 Å². The SMILES string of the molecule is CCOCCC1(CNC(=O)c2ccccc2N)CCCC1. The largest absolute Gasteiger partial charge is 0.398 e. The van der Waals surface area contributed by atoms with Gasteiger partial charge in [-0.15, -0.1) is 0 Å². The average Bonchev–Trinajstić information content (AvgIpc) is 2.95. The summed E-state index contributed by atoms with van der Waals surface area (Å²) >= 11 is 0. The Balaban J connectivity index is 1.92. The van der Waals surface area contributed by atoms with Crippen molar-refractivity contribution in [2.75, 3.05) is 25.5 Å². The molecule has 0 saturated heterocycles. The van der Waals surface area contributed by atoms with Crippen molar-refractivity contribution in [2.45, 2.75) is 39.0 Å². The molecule has 0 aliphatic heterocycles. The minimum atomic E-state index is -0.0733. The lowest BCUT2D eigenvalue weighted by atomic mass is 9.83. The first-order valence-corrected chi connectivity index (χ1v) is 7.87. The van der Waals surface area contributed by atoms with E-state index in [-0.39, 0.29) is 11.3 Å². The molecule has 1 aromatic carbocycles. The standard InChI is InChI=1S/C17H26N2O2/c1-2-21-12-11-17(9-5-6-10-17)13-19-16(20)14-7-3-4-8-15(14)18/h3-4,7-8H,2,5-6,9-13,18H2,1H3,(H,19,20). The zero-order chi connectivity index (χ0) is 15.1. The van der Waals surface area contributed by atoms with Crippen LogP contribution in [0.4, 0.5) is 5.69 Å². The van der Waals surface area contributed by atoms with Crippen LogP contribution >= 0.6 is 0 Å². The summed E-state index contributed by atoms with van der Waals surface area (Å²) in [6.45, 7) is 4.26. The Morgan fingerprint density at radius 2 is 2.05 bits per heavy atom. The number of hydrogen-bond donors (Lipinski definition) is 2. The summed E-state index contributed by atoms with van der Waals surface area (Å²) < 4.78 is 5.50. The van der Waals surface area contributed by atoms with Crippen molar-refractivity contribution in [3.63, 3.8) is 0 Å². The van der Waals surface area contributed by atoms with E-state index < -0.39 is 0 Å². The highest BCUT2D eigenvalue weighted by molar-refractivity contribution is 5.99. The maximum atomic E-state index is 12.3. The van der Waals surface area contributed by atoms with E-state index in [9.17, 15) is 4.79 Å². The van der Waals surface area contributed by atoms with Gasteiger partial charge in [0, 0.05) is 25.4 Å². The van der Waals surface area contributed by atoms with Crippen LogP contribution in [0.5, 0.6) is 0 Å². The summed E-state index contributed by atoms with van der Waals surface area (Å²) in [5.74, 6) is -0.0733. The molecule has 4 nitrogen and oxygen atoms in total. The lowest BCUT2D eigenvalue weighted by molar-refractivity contribution is 0.0863. The number of benzene rings is 1. The normalized spacial score (nSPS) is 16.8. The van der Waals surface area contributed by atoms with Crippen LogP contribution in [0.1, 0.15) is 49.4 Å². The fourth-order valence-corrected chi connectivity index (χ4v) is 3.14. The molecule has 1 aliphatic carbocycles. The van der Waals surface area contributed by atoms with Crippen molar-refractivity contribution < 1.29 is 9.53 Å². The number of para-hydroxylation sites is 1. The van der Waals surface area contributed by atoms with Crippen LogP contribution in [0.15, 0.2) is 24.3 Å². The topological polar surface area (TPSA) is 64.3 Å². The quantitative estimate of drug-likeness (QED) is 0.599. The molecule has 1 fully saturated rings. The van der Waals surface area contributed by atoms with Crippen molar-refractivity contribution >= 4 is 11.6 Å². The van der Waals surface area contributed by atoms with Crippen LogP contribution in [0, 0.1) is 5.41 Å². The predicted molar refractivity (Wildman–Crippen MR) is 85.2 cm³/mol. The van der Waals surface area contributed by atoms with Gasteiger partial charge in [-0.2, -0.15) is 0 Å². The molecule has 0 atom stereocenters. The third-order valence-electron chi connectivity index (χ3n) is 4.47. The van der Waals surface area contributed by atoms with E-state index in [1.54, 1.807) is 12.1 Å². The number of nitrogen functional groups attached to an aromatic ring is 1. The lowest BCUT2D eigenvalue weighted by Gasteiger charge is -2.29. The summed E-state index contributed by atoms with van der Waals surface area (Å²) in [6.07, 6.45) is 5.85. The Morgan fingerprint density at radius 1 is 1.33 bits per heavy atom. The number of ether oxygens (including phenoxy) is 1. The smallest absolute Gasteiger partial charge is 0.253 e. The van der Waals surface area contributed by atoms with Gasteiger partial charge in [0.1, 0.15) is 0 Å². The first-order valence-electron chi connectivity index (χ1n) is 7.87. The van der Waals surface area contributed by atoms with Gasteiger partial charge in [0.05, 0.1) is 5.56 Å². The average molecular weight is 290 g/mol. The lowest BCUT2D eigenvalue weighted by Crippen LogP contribution is -2.37. The highest BCUT2D eigenvalue weighted by Crippen LogP contribution is 2.40. The van der Waals surface area contributed by atoms with Gasteiger partial charge in [0.25, 0.3) is 5.91 Å². The van der Waals surface area contributed by atoms with Gasteiger partial charge >= 0.3 is 0 Å². The Kier molecular flexibility index (Phi) is 5.62. The molecule has 1 aliphatic rings. The number of carbonyl (C=O) groups excluding carboxylic acids is 1. The van der Waals surface area contributed by atoms with Crippen LogP contribution in [-0.2, 0) is 4.74 Å². The zero-order valence-electron chi connectivity index (χ0n) is 12.9. The molecule has 3 N–H and O–H groups in total. The van der Waals surface area contributed by atoms with Gasteiger partial charge in [-0.05, 0) is 43.7 Å².